The van der Waals surface area contributed by atoms with Crippen molar-refractivity contribution in [2.45, 2.75) is 0 Å². The van der Waals surface area contributed by atoms with Crippen molar-refractivity contribution in [1.29, 1.82) is 0 Å². The third-order valence-corrected chi connectivity index (χ3v) is 3.42. The fourth-order valence-electron chi connectivity index (χ4n) is 1.60. The minimum Gasteiger partial charge on any atom is -0.508 e. The number of halogens is 1. The molecule has 7 heteroatoms. The fourth-order valence-corrected chi connectivity index (χ4v) is 1.96. The lowest BCUT2D eigenvalue weighted by atomic mass is 10.2. The molecule has 2 rings (SSSR count). The SMILES string of the molecule is O=C(CNc1ccc(I)cc1)N/N=C/c1ccc(O)cc1O. The molecule has 0 saturated carbocycles. The Hall–Kier alpha value is -2.29. The summed E-state index contributed by atoms with van der Waals surface area (Å²) < 4.78 is 1.12. The Morgan fingerprint density at radius 3 is 2.59 bits per heavy atom. The van der Waals surface area contributed by atoms with E-state index >= 15 is 0 Å². The summed E-state index contributed by atoms with van der Waals surface area (Å²) in [6.07, 6.45) is 1.30. The average molecular weight is 411 g/mol. The van der Waals surface area contributed by atoms with Crippen molar-refractivity contribution < 1.29 is 15.0 Å². The predicted octanol–water partition coefficient (Wildman–Crippen LogP) is 2.26. The van der Waals surface area contributed by atoms with Crippen LogP contribution in [0.25, 0.3) is 0 Å². The van der Waals surface area contributed by atoms with Crippen LogP contribution < -0.4 is 10.7 Å². The van der Waals surface area contributed by atoms with Gasteiger partial charge in [0.1, 0.15) is 11.5 Å². The zero-order valence-electron chi connectivity index (χ0n) is 11.5. The first kappa shape index (κ1) is 16.1. The molecule has 114 valence electrons. The lowest BCUT2D eigenvalue weighted by Gasteiger charge is -2.05. The van der Waals surface area contributed by atoms with Crippen molar-refractivity contribution >= 4 is 40.4 Å². The Kier molecular flexibility index (Phi) is 5.59. The first-order valence-electron chi connectivity index (χ1n) is 6.38. The zero-order chi connectivity index (χ0) is 15.9. The number of phenolic OH excluding ortho intramolecular Hbond substituents is 2. The zero-order valence-corrected chi connectivity index (χ0v) is 13.6. The normalized spacial score (nSPS) is 10.6. The molecule has 0 radical (unpaired) electrons. The molecule has 0 bridgehead atoms. The number of carbonyl (C=O) groups is 1. The van der Waals surface area contributed by atoms with Crippen molar-refractivity contribution in [3.05, 3.63) is 51.6 Å². The second-order valence-electron chi connectivity index (χ2n) is 4.40. The van der Waals surface area contributed by atoms with Crippen LogP contribution in [0.1, 0.15) is 5.56 Å². The van der Waals surface area contributed by atoms with Gasteiger partial charge in [-0.05, 0) is 59.0 Å². The minimum atomic E-state index is -0.312. The highest BCUT2D eigenvalue weighted by molar-refractivity contribution is 14.1. The molecule has 4 N–H and O–H groups in total. The highest BCUT2D eigenvalue weighted by Gasteiger charge is 2.01. The average Bonchev–Trinajstić information content (AvgIpc) is 2.49. The lowest BCUT2D eigenvalue weighted by molar-refractivity contribution is -0.119. The molecule has 0 heterocycles. The summed E-state index contributed by atoms with van der Waals surface area (Å²) in [7, 11) is 0. The summed E-state index contributed by atoms with van der Waals surface area (Å²) in [6.45, 7) is 0.0828. The number of carbonyl (C=O) groups excluding carboxylic acids is 1. The number of nitrogens with one attached hydrogen (secondary N) is 2. The summed E-state index contributed by atoms with van der Waals surface area (Å²) in [6, 6.07) is 11.7. The number of hydrogen-bond donors (Lipinski definition) is 4. The maximum absolute atomic E-state index is 11.6. The van der Waals surface area contributed by atoms with Crippen LogP contribution in [0.2, 0.25) is 0 Å². The fraction of sp³-hybridized carbons (Fsp3) is 0.0667. The molecule has 0 fully saturated rings. The Morgan fingerprint density at radius 2 is 1.91 bits per heavy atom. The highest BCUT2D eigenvalue weighted by atomic mass is 127. The van der Waals surface area contributed by atoms with Gasteiger partial charge in [-0.15, -0.1) is 0 Å². The van der Waals surface area contributed by atoms with Crippen LogP contribution >= 0.6 is 22.6 Å². The van der Waals surface area contributed by atoms with Crippen molar-refractivity contribution in [3.8, 4) is 11.5 Å². The molecule has 0 spiro atoms. The van der Waals surface area contributed by atoms with Crippen LogP contribution in [0.5, 0.6) is 11.5 Å². The van der Waals surface area contributed by atoms with Gasteiger partial charge < -0.3 is 15.5 Å². The molecule has 0 aliphatic heterocycles. The number of amides is 1. The second kappa shape index (κ2) is 7.64. The van der Waals surface area contributed by atoms with E-state index < -0.39 is 0 Å². The summed E-state index contributed by atoms with van der Waals surface area (Å²) in [5.74, 6) is -0.469. The Balaban J connectivity index is 1.82. The van der Waals surface area contributed by atoms with Gasteiger partial charge in [-0.1, -0.05) is 0 Å². The lowest BCUT2D eigenvalue weighted by Crippen LogP contribution is -2.25. The highest BCUT2D eigenvalue weighted by Crippen LogP contribution is 2.20. The van der Waals surface area contributed by atoms with Crippen LogP contribution in [0.4, 0.5) is 5.69 Å². The van der Waals surface area contributed by atoms with Gasteiger partial charge in [0, 0.05) is 20.9 Å². The van der Waals surface area contributed by atoms with E-state index in [0.717, 1.165) is 9.26 Å². The van der Waals surface area contributed by atoms with E-state index in [1.54, 1.807) is 0 Å². The third kappa shape index (κ3) is 4.92. The molecule has 0 unspecified atom stereocenters. The number of anilines is 1. The number of benzene rings is 2. The summed E-state index contributed by atoms with van der Waals surface area (Å²) >= 11 is 2.20. The largest absolute Gasteiger partial charge is 0.508 e. The van der Waals surface area contributed by atoms with E-state index in [1.165, 1.54) is 24.4 Å². The Labute approximate surface area is 141 Å². The minimum absolute atomic E-state index is 0.0413. The van der Waals surface area contributed by atoms with Gasteiger partial charge in [0.2, 0.25) is 0 Å². The van der Waals surface area contributed by atoms with Crippen LogP contribution in [0.15, 0.2) is 47.6 Å². The Bertz CT molecular complexity index is 687. The molecule has 2 aromatic rings. The molecule has 0 aliphatic rings. The van der Waals surface area contributed by atoms with E-state index in [4.69, 9.17) is 5.11 Å². The summed E-state index contributed by atoms with van der Waals surface area (Å²) in [4.78, 5) is 11.6. The number of nitrogens with zero attached hydrogens (tertiary/aromatic N) is 1. The van der Waals surface area contributed by atoms with Gasteiger partial charge in [-0.25, -0.2) is 5.43 Å². The molecule has 0 aromatic heterocycles. The molecule has 0 aliphatic carbocycles. The number of phenols is 2. The predicted molar refractivity (Wildman–Crippen MR) is 93.2 cm³/mol. The van der Waals surface area contributed by atoms with Gasteiger partial charge in [0.05, 0.1) is 12.8 Å². The number of aromatic hydroxyl groups is 2. The Morgan fingerprint density at radius 1 is 1.18 bits per heavy atom. The van der Waals surface area contributed by atoms with Gasteiger partial charge in [0.15, 0.2) is 0 Å². The van der Waals surface area contributed by atoms with Gasteiger partial charge >= 0.3 is 0 Å². The molecule has 6 nitrogen and oxygen atoms in total. The van der Waals surface area contributed by atoms with E-state index in [2.05, 4.69) is 38.4 Å². The van der Waals surface area contributed by atoms with Gasteiger partial charge in [-0.2, -0.15) is 5.10 Å². The van der Waals surface area contributed by atoms with E-state index in [0.29, 0.717) is 5.56 Å². The molecule has 0 saturated heterocycles. The molecular weight excluding hydrogens is 397 g/mol. The van der Waals surface area contributed by atoms with Gasteiger partial charge in [-0.3, -0.25) is 4.79 Å². The second-order valence-corrected chi connectivity index (χ2v) is 5.64. The maximum atomic E-state index is 11.6. The molecule has 0 atom stereocenters. The summed E-state index contributed by atoms with van der Waals surface area (Å²) in [5.41, 5.74) is 3.58. The van der Waals surface area contributed by atoms with Crippen LogP contribution in [-0.2, 0) is 4.79 Å². The van der Waals surface area contributed by atoms with Crippen LogP contribution in [0.3, 0.4) is 0 Å². The van der Waals surface area contributed by atoms with E-state index in [9.17, 15) is 9.90 Å². The molecule has 1 amide bonds. The van der Waals surface area contributed by atoms with Crippen LogP contribution in [-0.4, -0.2) is 28.9 Å². The van der Waals surface area contributed by atoms with Crippen molar-refractivity contribution in [2.24, 2.45) is 5.10 Å². The molecular formula is C15H14IN3O3. The van der Waals surface area contributed by atoms with Crippen molar-refractivity contribution in [2.75, 3.05) is 11.9 Å². The number of hydrazone groups is 1. The number of hydrogen-bond acceptors (Lipinski definition) is 5. The first-order valence-corrected chi connectivity index (χ1v) is 7.46. The third-order valence-electron chi connectivity index (χ3n) is 2.70. The number of rotatable bonds is 5. The molecule has 22 heavy (non-hydrogen) atoms. The van der Waals surface area contributed by atoms with Crippen molar-refractivity contribution in [1.82, 2.24) is 5.43 Å². The van der Waals surface area contributed by atoms with Crippen LogP contribution in [0, 0.1) is 3.57 Å². The molecule has 2 aromatic carbocycles. The quantitative estimate of drug-likeness (QED) is 0.345. The van der Waals surface area contributed by atoms with Crippen molar-refractivity contribution in [3.63, 3.8) is 0 Å². The smallest absolute Gasteiger partial charge is 0.259 e. The first-order chi connectivity index (χ1) is 10.5. The monoisotopic (exact) mass is 411 g/mol. The maximum Gasteiger partial charge on any atom is 0.259 e. The topological polar surface area (TPSA) is 94.0 Å². The van der Waals surface area contributed by atoms with E-state index in [-0.39, 0.29) is 24.0 Å². The summed E-state index contributed by atoms with van der Waals surface area (Å²) in [5, 5.41) is 25.4. The van der Waals surface area contributed by atoms with E-state index in [1.807, 2.05) is 24.3 Å². The van der Waals surface area contributed by atoms with Gasteiger partial charge in [0.25, 0.3) is 5.91 Å². The standard InChI is InChI=1S/C15H14IN3O3/c16-11-2-4-12(5-3-11)17-9-15(22)19-18-8-10-1-6-13(20)7-14(10)21/h1-8,17,20-21H,9H2,(H,19,22)/b18-8+.